The van der Waals surface area contributed by atoms with Gasteiger partial charge in [0, 0.05) is 0 Å². The molecular formula is C20H12Cl3N3O2. The quantitative estimate of drug-likeness (QED) is 0.433. The van der Waals surface area contributed by atoms with Crippen LogP contribution < -0.4 is 5.73 Å². The third kappa shape index (κ3) is 4.05. The Morgan fingerprint density at radius 2 is 1.75 bits per heavy atom. The highest BCUT2D eigenvalue weighted by atomic mass is 35.5. The number of carbonyl (C=O) groups excluding carboxylic acids is 1. The molecule has 1 aromatic heterocycles. The SMILES string of the molecule is N#Cc1ccccc1-c1ccc(COC(=O)c2nc(Cl)c(Cl)c(N)c2Cl)cc1. The number of hydrogen-bond donors (Lipinski definition) is 1. The van der Waals surface area contributed by atoms with E-state index in [1.54, 1.807) is 18.2 Å². The van der Waals surface area contributed by atoms with Crippen LogP contribution in [0.3, 0.4) is 0 Å². The second-order valence-electron chi connectivity index (χ2n) is 5.72. The van der Waals surface area contributed by atoms with Crippen LogP contribution in [-0.2, 0) is 11.3 Å². The number of carbonyl (C=O) groups is 1. The van der Waals surface area contributed by atoms with Gasteiger partial charge in [-0.25, -0.2) is 9.78 Å². The van der Waals surface area contributed by atoms with E-state index >= 15 is 0 Å². The lowest BCUT2D eigenvalue weighted by Gasteiger charge is -2.10. The molecule has 140 valence electrons. The molecule has 0 aliphatic rings. The van der Waals surface area contributed by atoms with Gasteiger partial charge < -0.3 is 10.5 Å². The molecule has 0 aliphatic carbocycles. The number of anilines is 1. The van der Waals surface area contributed by atoms with Gasteiger partial charge in [0.2, 0.25) is 0 Å². The highest BCUT2D eigenvalue weighted by Crippen LogP contribution is 2.34. The first-order valence-corrected chi connectivity index (χ1v) is 9.11. The summed E-state index contributed by atoms with van der Waals surface area (Å²) in [6.45, 7) is -0.00281. The van der Waals surface area contributed by atoms with Crippen LogP contribution in [0, 0.1) is 11.3 Å². The van der Waals surface area contributed by atoms with Crippen molar-refractivity contribution in [3.63, 3.8) is 0 Å². The van der Waals surface area contributed by atoms with Crippen LogP contribution >= 0.6 is 34.8 Å². The number of nitrogens with zero attached hydrogens (tertiary/aromatic N) is 2. The summed E-state index contributed by atoms with van der Waals surface area (Å²) in [7, 11) is 0. The Balaban J connectivity index is 1.74. The Hall–Kier alpha value is -2.78. The zero-order valence-corrected chi connectivity index (χ0v) is 16.5. The van der Waals surface area contributed by atoms with Crippen molar-refractivity contribution in [2.75, 3.05) is 5.73 Å². The lowest BCUT2D eigenvalue weighted by Crippen LogP contribution is -2.10. The van der Waals surface area contributed by atoms with Gasteiger partial charge >= 0.3 is 5.97 Å². The van der Waals surface area contributed by atoms with Crippen molar-refractivity contribution in [3.8, 4) is 17.2 Å². The number of nitrogens with two attached hydrogens (primary N) is 1. The van der Waals surface area contributed by atoms with Gasteiger partial charge in [-0.05, 0) is 22.8 Å². The first-order valence-electron chi connectivity index (χ1n) is 7.98. The predicted octanol–water partition coefficient (Wildman–Crippen LogP) is 5.52. The number of halogens is 3. The maximum Gasteiger partial charge on any atom is 0.358 e. The van der Waals surface area contributed by atoms with Crippen LogP contribution in [0.2, 0.25) is 15.2 Å². The summed E-state index contributed by atoms with van der Waals surface area (Å²) in [4.78, 5) is 16.1. The van der Waals surface area contributed by atoms with Crippen LogP contribution in [0.5, 0.6) is 0 Å². The number of hydrogen-bond acceptors (Lipinski definition) is 5. The molecule has 0 amide bonds. The molecule has 2 aromatic carbocycles. The van der Waals surface area contributed by atoms with Gasteiger partial charge in [-0.15, -0.1) is 0 Å². The summed E-state index contributed by atoms with van der Waals surface area (Å²) >= 11 is 17.7. The van der Waals surface area contributed by atoms with Crippen molar-refractivity contribution in [2.45, 2.75) is 6.61 Å². The number of ether oxygens (including phenoxy) is 1. The topological polar surface area (TPSA) is 89.0 Å². The van der Waals surface area contributed by atoms with Crippen LogP contribution in [-0.4, -0.2) is 11.0 Å². The zero-order chi connectivity index (χ0) is 20.3. The van der Waals surface area contributed by atoms with Gasteiger partial charge in [-0.2, -0.15) is 5.26 Å². The van der Waals surface area contributed by atoms with Gasteiger partial charge in [-0.3, -0.25) is 0 Å². The molecule has 3 rings (SSSR count). The maximum absolute atomic E-state index is 12.3. The molecule has 0 fully saturated rings. The lowest BCUT2D eigenvalue weighted by atomic mass is 9.99. The molecule has 0 spiro atoms. The molecule has 2 N–H and O–H groups in total. The number of benzene rings is 2. The molecule has 1 heterocycles. The van der Waals surface area contributed by atoms with E-state index < -0.39 is 5.97 Å². The molecule has 3 aromatic rings. The predicted molar refractivity (Wildman–Crippen MR) is 109 cm³/mol. The van der Waals surface area contributed by atoms with Gasteiger partial charge in [0.15, 0.2) is 10.8 Å². The van der Waals surface area contributed by atoms with E-state index in [2.05, 4.69) is 11.1 Å². The van der Waals surface area contributed by atoms with Crippen LogP contribution in [0.4, 0.5) is 5.69 Å². The van der Waals surface area contributed by atoms with Crippen LogP contribution in [0.25, 0.3) is 11.1 Å². The first kappa shape index (κ1) is 20.0. The van der Waals surface area contributed by atoms with Crippen molar-refractivity contribution in [1.82, 2.24) is 4.98 Å². The van der Waals surface area contributed by atoms with Crippen molar-refractivity contribution in [3.05, 3.63) is 80.6 Å². The third-order valence-corrected chi connectivity index (χ3v) is 5.08. The Bertz CT molecular complexity index is 1090. The number of nitriles is 1. The minimum absolute atomic E-state index is 0.00281. The highest BCUT2D eigenvalue weighted by Gasteiger charge is 2.21. The summed E-state index contributed by atoms with van der Waals surface area (Å²) in [6, 6.07) is 16.8. The number of aromatic nitrogens is 1. The average Bonchev–Trinajstić information content (AvgIpc) is 2.73. The standard InChI is InChI=1S/C20H12Cl3N3O2/c21-15-17(25)16(22)19(23)26-18(15)20(27)28-10-11-5-7-12(8-6-11)14-4-2-1-3-13(14)9-24/h1-8H,10H2,(H2,25,26). The maximum atomic E-state index is 12.3. The van der Waals surface area contributed by atoms with Crippen molar-refractivity contribution in [1.29, 1.82) is 5.26 Å². The van der Waals surface area contributed by atoms with Crippen LogP contribution in [0.1, 0.15) is 21.6 Å². The van der Waals surface area contributed by atoms with E-state index in [0.29, 0.717) is 5.56 Å². The van der Waals surface area contributed by atoms with Crippen molar-refractivity contribution < 1.29 is 9.53 Å². The average molecular weight is 433 g/mol. The summed E-state index contributed by atoms with van der Waals surface area (Å²) < 4.78 is 5.24. The van der Waals surface area contributed by atoms with E-state index in [9.17, 15) is 10.1 Å². The number of pyridine rings is 1. The van der Waals surface area contributed by atoms with Crippen LogP contribution in [0.15, 0.2) is 48.5 Å². The molecule has 8 heteroatoms. The molecule has 0 saturated carbocycles. The second kappa shape index (κ2) is 8.49. The van der Waals surface area contributed by atoms with E-state index in [4.69, 9.17) is 45.3 Å². The summed E-state index contributed by atoms with van der Waals surface area (Å²) in [5, 5.41) is 8.96. The van der Waals surface area contributed by atoms with Crippen molar-refractivity contribution >= 4 is 46.5 Å². The molecule has 0 atom stereocenters. The van der Waals surface area contributed by atoms with E-state index in [1.807, 2.05) is 30.3 Å². The second-order valence-corrected chi connectivity index (χ2v) is 6.84. The minimum atomic E-state index is -0.769. The van der Waals surface area contributed by atoms with E-state index in [1.165, 1.54) is 0 Å². The molecule has 0 unspecified atom stereocenters. The first-order chi connectivity index (χ1) is 13.4. The summed E-state index contributed by atoms with van der Waals surface area (Å²) in [6.07, 6.45) is 0. The van der Waals surface area contributed by atoms with Gasteiger partial charge in [0.05, 0.1) is 22.3 Å². The summed E-state index contributed by atoms with van der Waals surface area (Å²) in [5.41, 5.74) is 8.51. The largest absolute Gasteiger partial charge is 0.456 e. The number of rotatable bonds is 4. The fourth-order valence-corrected chi connectivity index (χ4v) is 3.08. The fourth-order valence-electron chi connectivity index (χ4n) is 2.50. The van der Waals surface area contributed by atoms with Gasteiger partial charge in [0.1, 0.15) is 11.6 Å². The Morgan fingerprint density at radius 1 is 1.07 bits per heavy atom. The number of nitrogen functional groups attached to an aromatic ring is 1. The molecule has 0 aliphatic heterocycles. The molecule has 0 bridgehead atoms. The third-order valence-electron chi connectivity index (χ3n) is 3.95. The molecule has 0 saturated heterocycles. The fraction of sp³-hybridized carbons (Fsp3) is 0.0500. The highest BCUT2D eigenvalue weighted by molar-refractivity contribution is 6.46. The van der Waals surface area contributed by atoms with E-state index in [0.717, 1.165) is 16.7 Å². The summed E-state index contributed by atoms with van der Waals surface area (Å²) in [5.74, 6) is -0.769. The number of esters is 1. The van der Waals surface area contributed by atoms with Gasteiger partial charge in [0.25, 0.3) is 0 Å². The molecular weight excluding hydrogens is 421 g/mol. The van der Waals surface area contributed by atoms with E-state index in [-0.39, 0.29) is 33.2 Å². The Morgan fingerprint density at radius 3 is 2.43 bits per heavy atom. The Labute approximate surface area is 176 Å². The lowest BCUT2D eigenvalue weighted by molar-refractivity contribution is 0.0466. The zero-order valence-electron chi connectivity index (χ0n) is 14.2. The normalized spacial score (nSPS) is 10.4. The molecule has 0 radical (unpaired) electrons. The molecule has 5 nitrogen and oxygen atoms in total. The monoisotopic (exact) mass is 431 g/mol. The van der Waals surface area contributed by atoms with Gasteiger partial charge in [-0.1, -0.05) is 77.3 Å². The smallest absolute Gasteiger partial charge is 0.358 e. The minimum Gasteiger partial charge on any atom is -0.456 e. The van der Waals surface area contributed by atoms with Crippen molar-refractivity contribution in [2.24, 2.45) is 0 Å². The molecule has 28 heavy (non-hydrogen) atoms. The Kier molecular flexibility index (Phi) is 6.05.